The maximum atomic E-state index is 12.2. The van der Waals surface area contributed by atoms with Crippen LogP contribution in [0.1, 0.15) is 44.2 Å². The van der Waals surface area contributed by atoms with Gasteiger partial charge in [-0.25, -0.2) is 9.78 Å². The number of hydrogen-bond donors (Lipinski definition) is 1. The van der Waals surface area contributed by atoms with E-state index in [1.54, 1.807) is 4.90 Å². The van der Waals surface area contributed by atoms with Crippen LogP contribution in [0.3, 0.4) is 0 Å². The first-order chi connectivity index (χ1) is 11.3. The van der Waals surface area contributed by atoms with Gasteiger partial charge in [-0.2, -0.15) is 0 Å². The fraction of sp³-hybridized carbons (Fsp3) is 0.688. The number of rotatable bonds is 2. The second-order valence-corrected chi connectivity index (χ2v) is 8.12. The minimum atomic E-state index is -0.508. The van der Waals surface area contributed by atoms with E-state index in [2.05, 4.69) is 10.3 Å². The molecular formula is C16H23N3O4S. The van der Waals surface area contributed by atoms with Crippen LogP contribution in [0.2, 0.25) is 0 Å². The Labute approximate surface area is 145 Å². The summed E-state index contributed by atoms with van der Waals surface area (Å²) in [6, 6.07) is 0. The van der Waals surface area contributed by atoms with E-state index in [0.717, 1.165) is 23.4 Å². The zero-order valence-corrected chi connectivity index (χ0v) is 15.1. The number of anilines is 1. The Morgan fingerprint density at radius 1 is 1.42 bits per heavy atom. The van der Waals surface area contributed by atoms with Crippen molar-refractivity contribution in [3.8, 4) is 0 Å². The first-order valence-corrected chi connectivity index (χ1v) is 9.02. The third-order valence-electron chi connectivity index (χ3n) is 3.84. The molecule has 0 spiro atoms. The average Bonchev–Trinajstić information content (AvgIpc) is 3.13. The molecule has 1 aromatic rings. The number of carbonyl (C=O) groups excluding carboxylic acids is 2. The molecule has 24 heavy (non-hydrogen) atoms. The van der Waals surface area contributed by atoms with Crippen LogP contribution in [-0.2, 0) is 27.2 Å². The molecule has 0 aromatic carbocycles. The van der Waals surface area contributed by atoms with Gasteiger partial charge in [-0.3, -0.25) is 10.1 Å². The van der Waals surface area contributed by atoms with Gasteiger partial charge in [0.15, 0.2) is 5.13 Å². The molecule has 1 saturated heterocycles. The van der Waals surface area contributed by atoms with Crippen molar-refractivity contribution in [1.82, 2.24) is 9.88 Å². The normalized spacial score (nSPS) is 20.6. The number of ether oxygens (including phenoxy) is 2. The van der Waals surface area contributed by atoms with Gasteiger partial charge in [0.25, 0.3) is 5.91 Å². The van der Waals surface area contributed by atoms with E-state index in [1.165, 1.54) is 11.3 Å². The number of nitrogens with one attached hydrogen (secondary N) is 1. The first kappa shape index (κ1) is 17.2. The Kier molecular flexibility index (Phi) is 4.78. The minimum absolute atomic E-state index is 0.136. The molecule has 2 aliphatic rings. The third kappa shape index (κ3) is 4.05. The molecule has 1 fully saturated rings. The first-order valence-electron chi connectivity index (χ1n) is 8.21. The average molecular weight is 353 g/mol. The van der Waals surface area contributed by atoms with E-state index in [9.17, 15) is 9.59 Å². The Morgan fingerprint density at radius 2 is 2.21 bits per heavy atom. The van der Waals surface area contributed by atoms with Crippen LogP contribution in [-0.4, -0.2) is 46.7 Å². The summed E-state index contributed by atoms with van der Waals surface area (Å²) in [4.78, 5) is 31.4. The summed E-state index contributed by atoms with van der Waals surface area (Å²) >= 11 is 1.41. The van der Waals surface area contributed by atoms with E-state index in [1.807, 2.05) is 20.8 Å². The predicted octanol–water partition coefficient (Wildman–Crippen LogP) is 2.55. The van der Waals surface area contributed by atoms with Gasteiger partial charge < -0.3 is 14.4 Å². The van der Waals surface area contributed by atoms with Crippen LogP contribution < -0.4 is 5.32 Å². The lowest BCUT2D eigenvalue weighted by Crippen LogP contribution is -2.39. The van der Waals surface area contributed by atoms with Crippen molar-refractivity contribution < 1.29 is 19.1 Å². The smallest absolute Gasteiger partial charge is 0.410 e. The molecule has 0 aliphatic carbocycles. The molecule has 0 saturated carbocycles. The number of nitrogens with zero attached hydrogens (tertiary/aromatic N) is 2. The Morgan fingerprint density at radius 3 is 2.88 bits per heavy atom. The van der Waals surface area contributed by atoms with Crippen LogP contribution in [0.4, 0.5) is 9.93 Å². The van der Waals surface area contributed by atoms with E-state index >= 15 is 0 Å². The predicted molar refractivity (Wildman–Crippen MR) is 90.1 cm³/mol. The van der Waals surface area contributed by atoms with Crippen molar-refractivity contribution in [3.63, 3.8) is 0 Å². The highest BCUT2D eigenvalue weighted by Crippen LogP contribution is 2.29. The van der Waals surface area contributed by atoms with Crippen molar-refractivity contribution in [3.05, 3.63) is 10.6 Å². The van der Waals surface area contributed by atoms with Gasteiger partial charge in [0.1, 0.15) is 11.7 Å². The molecule has 3 rings (SSSR count). The number of hydrogen-bond acceptors (Lipinski definition) is 6. The van der Waals surface area contributed by atoms with E-state index < -0.39 is 5.60 Å². The molecule has 3 heterocycles. The van der Waals surface area contributed by atoms with Crippen molar-refractivity contribution in [2.75, 3.05) is 18.5 Å². The molecule has 0 radical (unpaired) electrons. The summed E-state index contributed by atoms with van der Waals surface area (Å²) < 4.78 is 10.8. The highest BCUT2D eigenvalue weighted by molar-refractivity contribution is 7.15. The molecule has 132 valence electrons. The van der Waals surface area contributed by atoms with Gasteiger partial charge in [-0.05, 0) is 33.6 Å². The van der Waals surface area contributed by atoms with Crippen LogP contribution in [0, 0.1) is 0 Å². The number of aromatic nitrogens is 1. The summed E-state index contributed by atoms with van der Waals surface area (Å²) in [7, 11) is 0. The van der Waals surface area contributed by atoms with Crippen LogP contribution in [0.5, 0.6) is 0 Å². The number of carbonyl (C=O) groups is 2. The van der Waals surface area contributed by atoms with E-state index in [4.69, 9.17) is 9.47 Å². The van der Waals surface area contributed by atoms with Gasteiger partial charge in [-0.1, -0.05) is 11.3 Å². The number of amides is 2. The van der Waals surface area contributed by atoms with Gasteiger partial charge in [0, 0.05) is 24.4 Å². The zero-order valence-electron chi connectivity index (χ0n) is 14.3. The van der Waals surface area contributed by atoms with Crippen molar-refractivity contribution in [1.29, 1.82) is 0 Å². The van der Waals surface area contributed by atoms with E-state index in [-0.39, 0.29) is 18.1 Å². The Balaban J connectivity index is 1.62. The van der Waals surface area contributed by atoms with Crippen molar-refractivity contribution in [2.45, 2.75) is 58.3 Å². The molecule has 7 nitrogen and oxygen atoms in total. The molecule has 0 bridgehead atoms. The maximum absolute atomic E-state index is 12.2. The molecule has 1 atom stereocenters. The molecule has 1 aromatic heterocycles. The fourth-order valence-corrected chi connectivity index (χ4v) is 3.73. The topological polar surface area (TPSA) is 80.8 Å². The number of fused-ring (bicyclic) bond motifs is 1. The quantitative estimate of drug-likeness (QED) is 0.884. The fourth-order valence-electron chi connectivity index (χ4n) is 2.70. The summed E-state index contributed by atoms with van der Waals surface area (Å²) in [5, 5.41) is 3.41. The summed E-state index contributed by atoms with van der Waals surface area (Å²) in [6.45, 7) is 7.24. The van der Waals surface area contributed by atoms with Crippen molar-refractivity contribution in [2.24, 2.45) is 0 Å². The monoisotopic (exact) mass is 353 g/mol. The molecule has 2 amide bonds. The van der Waals surface area contributed by atoms with Crippen LogP contribution in [0.25, 0.3) is 0 Å². The summed E-state index contributed by atoms with van der Waals surface area (Å²) in [5.41, 5.74) is 0.438. The second kappa shape index (κ2) is 6.68. The Hall–Kier alpha value is -1.67. The Bertz CT molecular complexity index is 632. The van der Waals surface area contributed by atoms with Gasteiger partial charge in [-0.15, -0.1) is 0 Å². The van der Waals surface area contributed by atoms with Crippen LogP contribution in [0.15, 0.2) is 0 Å². The second-order valence-electron chi connectivity index (χ2n) is 7.03. The largest absolute Gasteiger partial charge is 0.444 e. The molecule has 1 N–H and O–H groups in total. The van der Waals surface area contributed by atoms with E-state index in [0.29, 0.717) is 31.2 Å². The van der Waals surface area contributed by atoms with Gasteiger partial charge in [0.2, 0.25) is 0 Å². The van der Waals surface area contributed by atoms with Crippen LogP contribution >= 0.6 is 11.3 Å². The summed E-state index contributed by atoms with van der Waals surface area (Å²) in [6.07, 6.45) is 1.65. The molecule has 8 heteroatoms. The highest BCUT2D eigenvalue weighted by atomic mass is 32.1. The van der Waals surface area contributed by atoms with Gasteiger partial charge >= 0.3 is 6.09 Å². The van der Waals surface area contributed by atoms with Gasteiger partial charge in [0.05, 0.1) is 12.2 Å². The number of thiazole rings is 1. The lowest BCUT2D eigenvalue weighted by Gasteiger charge is -2.29. The third-order valence-corrected chi connectivity index (χ3v) is 4.83. The molecular weight excluding hydrogens is 330 g/mol. The molecule has 0 unspecified atom stereocenters. The SMILES string of the molecule is CC(C)(C)OC(=O)N1CCc2nc(NC(=O)[C@H]3CCCO3)sc2C1. The lowest BCUT2D eigenvalue weighted by atomic mass is 10.2. The van der Waals surface area contributed by atoms with Crippen molar-refractivity contribution >= 4 is 28.5 Å². The minimum Gasteiger partial charge on any atom is -0.444 e. The zero-order chi connectivity index (χ0) is 17.3. The molecule has 2 aliphatic heterocycles. The highest BCUT2D eigenvalue weighted by Gasteiger charge is 2.29. The summed E-state index contributed by atoms with van der Waals surface area (Å²) in [5.74, 6) is -0.136. The lowest BCUT2D eigenvalue weighted by molar-refractivity contribution is -0.124. The standard InChI is InChI=1S/C16H23N3O4S/c1-16(2,3)23-15(21)19-7-6-10-12(9-19)24-14(17-10)18-13(20)11-5-4-8-22-11/h11H,4-9H2,1-3H3,(H,17,18,20)/t11-/m1/s1. The maximum Gasteiger partial charge on any atom is 0.410 e.